The van der Waals surface area contributed by atoms with Crippen LogP contribution in [0.15, 0.2) is 40.9 Å². The zero-order valence-corrected chi connectivity index (χ0v) is 12.0. The lowest BCUT2D eigenvalue weighted by atomic mass is 10.1. The van der Waals surface area contributed by atoms with E-state index in [2.05, 4.69) is 15.9 Å². The van der Waals surface area contributed by atoms with Gasteiger partial charge in [0.05, 0.1) is 15.0 Å². The maximum absolute atomic E-state index is 11.0. The van der Waals surface area contributed by atoms with Gasteiger partial charge in [-0.15, -0.1) is 0 Å². The molecule has 6 heteroatoms. The zero-order chi connectivity index (χ0) is 14.7. The van der Waals surface area contributed by atoms with Gasteiger partial charge in [-0.05, 0) is 46.6 Å². The van der Waals surface area contributed by atoms with Gasteiger partial charge in [-0.25, -0.2) is 0 Å². The SMILES string of the molecule is Cc1ccc(C#N)c(Oc2c(Br)cccc2[N+](=O)[O-])c1. The van der Waals surface area contributed by atoms with Gasteiger partial charge in [0.1, 0.15) is 11.8 Å². The molecule has 5 nitrogen and oxygen atoms in total. The van der Waals surface area contributed by atoms with Crippen LogP contribution in [0.5, 0.6) is 11.5 Å². The third-order valence-electron chi connectivity index (χ3n) is 2.61. The fourth-order valence-electron chi connectivity index (χ4n) is 1.66. The Labute approximate surface area is 123 Å². The number of halogens is 1. The molecule has 100 valence electrons. The summed E-state index contributed by atoms with van der Waals surface area (Å²) in [5.74, 6) is 0.377. The number of nitrogens with zero attached hydrogens (tertiary/aromatic N) is 2. The summed E-state index contributed by atoms with van der Waals surface area (Å²) in [7, 11) is 0. The number of nitro groups is 1. The van der Waals surface area contributed by atoms with E-state index >= 15 is 0 Å². The Morgan fingerprint density at radius 2 is 2.10 bits per heavy atom. The molecule has 0 spiro atoms. The Kier molecular flexibility index (Phi) is 4.01. The summed E-state index contributed by atoms with van der Waals surface area (Å²) >= 11 is 3.23. The van der Waals surface area contributed by atoms with Crippen LogP contribution in [-0.4, -0.2) is 4.92 Å². The van der Waals surface area contributed by atoms with Crippen molar-refractivity contribution in [1.82, 2.24) is 0 Å². The van der Waals surface area contributed by atoms with Crippen LogP contribution >= 0.6 is 15.9 Å². The van der Waals surface area contributed by atoms with E-state index in [4.69, 9.17) is 10.00 Å². The van der Waals surface area contributed by atoms with Crippen LogP contribution in [-0.2, 0) is 0 Å². The lowest BCUT2D eigenvalue weighted by Crippen LogP contribution is -1.96. The maximum atomic E-state index is 11.0. The highest BCUT2D eigenvalue weighted by Gasteiger charge is 2.19. The molecular weight excluding hydrogens is 324 g/mol. The first-order chi connectivity index (χ1) is 9.52. The van der Waals surface area contributed by atoms with Crippen LogP contribution in [0.2, 0.25) is 0 Å². The highest BCUT2D eigenvalue weighted by Crippen LogP contribution is 2.39. The minimum absolute atomic E-state index is 0.0830. The Bertz CT molecular complexity index is 723. The normalized spacial score (nSPS) is 9.85. The van der Waals surface area contributed by atoms with Gasteiger partial charge in [-0.3, -0.25) is 10.1 Å². The second kappa shape index (κ2) is 5.72. The molecule has 2 aromatic carbocycles. The first-order valence-electron chi connectivity index (χ1n) is 5.64. The quantitative estimate of drug-likeness (QED) is 0.619. The molecule has 0 aromatic heterocycles. The molecule has 0 radical (unpaired) electrons. The van der Waals surface area contributed by atoms with Crippen LogP contribution in [0.25, 0.3) is 0 Å². The van der Waals surface area contributed by atoms with E-state index in [9.17, 15) is 10.1 Å². The molecule has 0 heterocycles. The predicted molar refractivity (Wildman–Crippen MR) is 76.8 cm³/mol. The van der Waals surface area contributed by atoms with E-state index in [1.54, 1.807) is 30.3 Å². The summed E-state index contributed by atoms with van der Waals surface area (Å²) in [6.07, 6.45) is 0. The van der Waals surface area contributed by atoms with Crippen molar-refractivity contribution in [2.45, 2.75) is 6.92 Å². The van der Waals surface area contributed by atoms with Crippen LogP contribution < -0.4 is 4.74 Å². The van der Waals surface area contributed by atoms with Crippen molar-refractivity contribution < 1.29 is 9.66 Å². The third kappa shape index (κ3) is 2.78. The number of nitriles is 1. The lowest BCUT2D eigenvalue weighted by molar-refractivity contribution is -0.385. The summed E-state index contributed by atoms with van der Waals surface area (Å²) in [6, 6.07) is 11.6. The summed E-state index contributed by atoms with van der Waals surface area (Å²) in [5.41, 5.74) is 1.05. The summed E-state index contributed by atoms with van der Waals surface area (Å²) < 4.78 is 6.05. The van der Waals surface area contributed by atoms with Crippen molar-refractivity contribution >= 4 is 21.6 Å². The molecule has 0 saturated carbocycles. The van der Waals surface area contributed by atoms with Gasteiger partial charge in [0.2, 0.25) is 5.75 Å². The number of hydrogen-bond acceptors (Lipinski definition) is 4. The van der Waals surface area contributed by atoms with Crippen molar-refractivity contribution in [3.63, 3.8) is 0 Å². The molecule has 0 aliphatic heterocycles. The number of nitro benzene ring substituents is 1. The first-order valence-corrected chi connectivity index (χ1v) is 6.43. The van der Waals surface area contributed by atoms with E-state index in [0.29, 0.717) is 15.8 Å². The van der Waals surface area contributed by atoms with Gasteiger partial charge in [-0.2, -0.15) is 5.26 Å². The van der Waals surface area contributed by atoms with Crippen LogP contribution in [0, 0.1) is 28.4 Å². The average Bonchev–Trinajstić information content (AvgIpc) is 2.41. The van der Waals surface area contributed by atoms with Crippen molar-refractivity contribution in [3.8, 4) is 17.6 Å². The molecule has 0 amide bonds. The topological polar surface area (TPSA) is 76.2 Å². The van der Waals surface area contributed by atoms with Crippen molar-refractivity contribution in [2.75, 3.05) is 0 Å². The molecule has 0 fully saturated rings. The molecule has 0 bridgehead atoms. The number of rotatable bonds is 3. The predicted octanol–water partition coefficient (Wildman–Crippen LogP) is 4.33. The summed E-state index contributed by atoms with van der Waals surface area (Å²) in [5, 5.41) is 20.1. The second-order valence-electron chi connectivity index (χ2n) is 4.06. The number of para-hydroxylation sites is 1. The summed E-state index contributed by atoms with van der Waals surface area (Å²) in [4.78, 5) is 10.5. The fourth-order valence-corrected chi connectivity index (χ4v) is 2.10. The number of hydrogen-bond donors (Lipinski definition) is 0. The van der Waals surface area contributed by atoms with E-state index in [1.165, 1.54) is 6.07 Å². The van der Waals surface area contributed by atoms with Gasteiger partial charge in [0, 0.05) is 6.07 Å². The Morgan fingerprint density at radius 1 is 1.35 bits per heavy atom. The third-order valence-corrected chi connectivity index (χ3v) is 3.24. The van der Waals surface area contributed by atoms with Gasteiger partial charge in [-0.1, -0.05) is 12.1 Å². The lowest BCUT2D eigenvalue weighted by Gasteiger charge is -2.10. The largest absolute Gasteiger partial charge is 0.448 e. The van der Waals surface area contributed by atoms with Crippen molar-refractivity contribution in [1.29, 1.82) is 5.26 Å². The van der Waals surface area contributed by atoms with E-state index in [-0.39, 0.29) is 11.4 Å². The van der Waals surface area contributed by atoms with Gasteiger partial charge < -0.3 is 4.74 Å². The molecule has 0 saturated heterocycles. The number of benzene rings is 2. The highest BCUT2D eigenvalue weighted by molar-refractivity contribution is 9.10. The zero-order valence-electron chi connectivity index (χ0n) is 10.5. The monoisotopic (exact) mass is 332 g/mol. The maximum Gasteiger partial charge on any atom is 0.312 e. The smallest absolute Gasteiger partial charge is 0.312 e. The Morgan fingerprint density at radius 3 is 2.75 bits per heavy atom. The minimum Gasteiger partial charge on any atom is -0.448 e. The Balaban J connectivity index is 2.53. The molecule has 0 N–H and O–H groups in total. The molecule has 2 rings (SSSR count). The van der Waals surface area contributed by atoms with Crippen LogP contribution in [0.1, 0.15) is 11.1 Å². The molecular formula is C14H9BrN2O3. The van der Waals surface area contributed by atoms with E-state index < -0.39 is 4.92 Å². The number of aryl methyl sites for hydroxylation is 1. The molecule has 2 aromatic rings. The van der Waals surface area contributed by atoms with E-state index in [0.717, 1.165) is 5.56 Å². The van der Waals surface area contributed by atoms with Crippen molar-refractivity contribution in [2.24, 2.45) is 0 Å². The van der Waals surface area contributed by atoms with Crippen molar-refractivity contribution in [3.05, 3.63) is 62.1 Å². The minimum atomic E-state index is -0.526. The molecule has 0 aliphatic rings. The van der Waals surface area contributed by atoms with Crippen LogP contribution in [0.4, 0.5) is 5.69 Å². The van der Waals surface area contributed by atoms with Gasteiger partial charge >= 0.3 is 5.69 Å². The van der Waals surface area contributed by atoms with E-state index in [1.807, 2.05) is 13.0 Å². The molecule has 0 atom stereocenters. The standard InChI is InChI=1S/C14H9BrN2O3/c1-9-5-6-10(8-16)13(7-9)20-14-11(15)3-2-4-12(14)17(18)19/h2-7H,1H3. The summed E-state index contributed by atoms with van der Waals surface area (Å²) in [6.45, 7) is 1.85. The average molecular weight is 333 g/mol. The first kappa shape index (κ1) is 14.0. The highest BCUT2D eigenvalue weighted by atomic mass is 79.9. The Hall–Kier alpha value is -2.39. The second-order valence-corrected chi connectivity index (χ2v) is 4.91. The molecule has 20 heavy (non-hydrogen) atoms. The van der Waals surface area contributed by atoms with Gasteiger partial charge in [0.25, 0.3) is 0 Å². The molecule has 0 unspecified atom stereocenters. The fraction of sp³-hybridized carbons (Fsp3) is 0.0714. The van der Waals surface area contributed by atoms with Gasteiger partial charge in [0.15, 0.2) is 0 Å². The van der Waals surface area contributed by atoms with Crippen LogP contribution in [0.3, 0.4) is 0 Å². The molecule has 0 aliphatic carbocycles. The number of ether oxygens (including phenoxy) is 1.